The van der Waals surface area contributed by atoms with Crippen LogP contribution >= 0.6 is 11.3 Å². The van der Waals surface area contributed by atoms with Crippen LogP contribution in [0.5, 0.6) is 0 Å². The Balaban J connectivity index is 1.63. The molecule has 2 fully saturated rings. The number of nitrogens with one attached hydrogen (secondary N) is 2. The maximum absolute atomic E-state index is 12.2. The molecule has 0 bridgehead atoms. The molecule has 3 rings (SSSR count). The van der Waals surface area contributed by atoms with Crippen LogP contribution in [0.25, 0.3) is 0 Å². The molecule has 6 nitrogen and oxygen atoms in total. The van der Waals surface area contributed by atoms with Gasteiger partial charge in [0.25, 0.3) is 0 Å². The van der Waals surface area contributed by atoms with Crippen molar-refractivity contribution in [3.8, 4) is 0 Å². The molecule has 118 valence electrons. The standard InChI is InChI=1S/C15H19N3O3S/c19-12-4-3-11(15(17-12)10-5-7-22-9-10)16-13(20)8-18-6-1-2-14(18)21/h5,7,9,11,15H,1-4,6,8H2,(H,16,20)(H,17,19)/t11-,15+/m1/s1. The zero-order valence-electron chi connectivity index (χ0n) is 12.2. The van der Waals surface area contributed by atoms with Crippen molar-refractivity contribution in [2.24, 2.45) is 0 Å². The van der Waals surface area contributed by atoms with Gasteiger partial charge in [0.15, 0.2) is 0 Å². The SMILES string of the molecule is O=C(CN1CCCC1=O)N[C@@H]1CCC(=O)N[C@H]1c1ccsc1. The number of piperidine rings is 1. The Morgan fingerprint density at radius 3 is 2.95 bits per heavy atom. The minimum Gasteiger partial charge on any atom is -0.349 e. The molecule has 7 heteroatoms. The number of carbonyl (C=O) groups is 3. The minimum atomic E-state index is -0.189. The third-order valence-corrected chi connectivity index (χ3v) is 4.86. The highest BCUT2D eigenvalue weighted by Gasteiger charge is 2.32. The summed E-state index contributed by atoms with van der Waals surface area (Å²) in [5.74, 6) is -0.102. The number of rotatable bonds is 4. The Morgan fingerprint density at radius 2 is 2.27 bits per heavy atom. The Labute approximate surface area is 132 Å². The van der Waals surface area contributed by atoms with Gasteiger partial charge in [0.1, 0.15) is 0 Å². The van der Waals surface area contributed by atoms with E-state index in [9.17, 15) is 14.4 Å². The average molecular weight is 321 g/mol. The van der Waals surface area contributed by atoms with Crippen molar-refractivity contribution in [3.05, 3.63) is 22.4 Å². The van der Waals surface area contributed by atoms with Crippen LogP contribution in [-0.2, 0) is 14.4 Å². The molecule has 1 aromatic rings. The van der Waals surface area contributed by atoms with Crippen LogP contribution in [0.4, 0.5) is 0 Å². The van der Waals surface area contributed by atoms with E-state index in [4.69, 9.17) is 0 Å². The van der Waals surface area contributed by atoms with Gasteiger partial charge in [-0.1, -0.05) is 0 Å². The van der Waals surface area contributed by atoms with Gasteiger partial charge >= 0.3 is 0 Å². The van der Waals surface area contributed by atoms with Gasteiger partial charge < -0.3 is 15.5 Å². The highest BCUT2D eigenvalue weighted by atomic mass is 32.1. The van der Waals surface area contributed by atoms with Crippen molar-refractivity contribution < 1.29 is 14.4 Å². The lowest BCUT2D eigenvalue weighted by Gasteiger charge is -2.33. The summed E-state index contributed by atoms with van der Waals surface area (Å²) in [6.07, 6.45) is 2.38. The molecule has 0 aliphatic carbocycles. The highest BCUT2D eigenvalue weighted by Crippen LogP contribution is 2.26. The number of thiophene rings is 1. The van der Waals surface area contributed by atoms with Gasteiger partial charge in [0.2, 0.25) is 17.7 Å². The lowest BCUT2D eigenvalue weighted by molar-refractivity contribution is -0.133. The third-order valence-electron chi connectivity index (χ3n) is 4.16. The van der Waals surface area contributed by atoms with Crippen LogP contribution in [0, 0.1) is 0 Å². The van der Waals surface area contributed by atoms with Gasteiger partial charge in [-0.05, 0) is 35.2 Å². The average Bonchev–Trinajstić information content (AvgIpc) is 3.14. The topological polar surface area (TPSA) is 78.5 Å². The first-order valence-corrected chi connectivity index (χ1v) is 8.46. The second-order valence-electron chi connectivity index (χ2n) is 5.73. The van der Waals surface area contributed by atoms with Crippen LogP contribution in [-0.4, -0.2) is 41.8 Å². The molecule has 0 saturated carbocycles. The second-order valence-corrected chi connectivity index (χ2v) is 6.51. The summed E-state index contributed by atoms with van der Waals surface area (Å²) in [6.45, 7) is 0.765. The molecule has 0 aromatic carbocycles. The van der Waals surface area contributed by atoms with Crippen molar-refractivity contribution in [1.82, 2.24) is 15.5 Å². The first kappa shape index (κ1) is 15.0. The molecular formula is C15H19N3O3S. The van der Waals surface area contributed by atoms with Crippen molar-refractivity contribution in [3.63, 3.8) is 0 Å². The number of nitrogens with zero attached hydrogens (tertiary/aromatic N) is 1. The monoisotopic (exact) mass is 321 g/mol. The summed E-state index contributed by atoms with van der Waals surface area (Å²) in [5.41, 5.74) is 1.01. The Bertz CT molecular complexity index is 573. The predicted molar refractivity (Wildman–Crippen MR) is 82.2 cm³/mol. The molecule has 2 aliphatic rings. The number of amides is 3. The summed E-state index contributed by atoms with van der Waals surface area (Å²) < 4.78 is 0. The summed E-state index contributed by atoms with van der Waals surface area (Å²) in [6, 6.07) is 1.65. The fourth-order valence-electron chi connectivity index (χ4n) is 3.02. The summed E-state index contributed by atoms with van der Waals surface area (Å²) in [7, 11) is 0. The Hall–Kier alpha value is -1.89. The molecule has 2 N–H and O–H groups in total. The lowest BCUT2D eigenvalue weighted by Crippen LogP contribution is -2.52. The smallest absolute Gasteiger partial charge is 0.239 e. The summed E-state index contributed by atoms with van der Waals surface area (Å²) >= 11 is 1.56. The Morgan fingerprint density at radius 1 is 1.41 bits per heavy atom. The maximum atomic E-state index is 12.2. The number of likely N-dealkylation sites (tertiary alicyclic amines) is 1. The molecule has 3 heterocycles. The fraction of sp³-hybridized carbons (Fsp3) is 0.533. The van der Waals surface area contributed by atoms with E-state index in [1.807, 2.05) is 16.8 Å². The van der Waals surface area contributed by atoms with Crippen molar-refractivity contribution in [1.29, 1.82) is 0 Å². The van der Waals surface area contributed by atoms with Crippen LogP contribution in [0.15, 0.2) is 16.8 Å². The van der Waals surface area contributed by atoms with E-state index in [-0.39, 0.29) is 36.3 Å². The van der Waals surface area contributed by atoms with Crippen molar-refractivity contribution >= 4 is 29.1 Å². The van der Waals surface area contributed by atoms with Gasteiger partial charge in [-0.2, -0.15) is 11.3 Å². The van der Waals surface area contributed by atoms with E-state index in [0.717, 1.165) is 12.0 Å². The van der Waals surface area contributed by atoms with Gasteiger partial charge in [-0.25, -0.2) is 0 Å². The molecule has 3 amide bonds. The van der Waals surface area contributed by atoms with Crippen LogP contribution < -0.4 is 10.6 Å². The quantitative estimate of drug-likeness (QED) is 0.861. The molecule has 1 aromatic heterocycles. The zero-order chi connectivity index (χ0) is 15.5. The van der Waals surface area contributed by atoms with Crippen molar-refractivity contribution in [2.45, 2.75) is 37.8 Å². The first-order chi connectivity index (χ1) is 10.6. The fourth-order valence-corrected chi connectivity index (χ4v) is 3.72. The maximum Gasteiger partial charge on any atom is 0.239 e. The predicted octanol–water partition coefficient (Wildman–Crippen LogP) is 0.806. The largest absolute Gasteiger partial charge is 0.349 e. The Kier molecular flexibility index (Phi) is 4.42. The van der Waals surface area contributed by atoms with E-state index in [2.05, 4.69) is 10.6 Å². The molecule has 2 atom stereocenters. The van der Waals surface area contributed by atoms with Gasteiger partial charge in [0, 0.05) is 19.4 Å². The van der Waals surface area contributed by atoms with Gasteiger partial charge in [0.05, 0.1) is 18.6 Å². The van der Waals surface area contributed by atoms with E-state index in [0.29, 0.717) is 25.8 Å². The molecule has 2 saturated heterocycles. The number of hydrogen-bond acceptors (Lipinski definition) is 4. The molecular weight excluding hydrogens is 302 g/mol. The van der Waals surface area contributed by atoms with E-state index in [1.165, 1.54) is 0 Å². The number of hydrogen-bond donors (Lipinski definition) is 2. The lowest BCUT2D eigenvalue weighted by atomic mass is 9.93. The van der Waals surface area contributed by atoms with Crippen LogP contribution in [0.1, 0.15) is 37.3 Å². The molecule has 0 radical (unpaired) electrons. The third kappa shape index (κ3) is 3.30. The van der Waals surface area contributed by atoms with Crippen LogP contribution in [0.2, 0.25) is 0 Å². The molecule has 0 unspecified atom stereocenters. The van der Waals surface area contributed by atoms with E-state index in [1.54, 1.807) is 16.2 Å². The minimum absolute atomic E-state index is 0.0106. The zero-order valence-corrected chi connectivity index (χ0v) is 13.0. The second kappa shape index (κ2) is 6.48. The van der Waals surface area contributed by atoms with E-state index < -0.39 is 0 Å². The van der Waals surface area contributed by atoms with Crippen LogP contribution in [0.3, 0.4) is 0 Å². The highest BCUT2D eigenvalue weighted by molar-refractivity contribution is 7.08. The van der Waals surface area contributed by atoms with E-state index >= 15 is 0 Å². The van der Waals surface area contributed by atoms with Gasteiger partial charge in [-0.15, -0.1) is 0 Å². The molecule has 22 heavy (non-hydrogen) atoms. The normalized spacial score (nSPS) is 25.2. The molecule has 0 spiro atoms. The first-order valence-electron chi connectivity index (χ1n) is 7.52. The van der Waals surface area contributed by atoms with Gasteiger partial charge in [-0.3, -0.25) is 14.4 Å². The number of carbonyl (C=O) groups excluding carboxylic acids is 3. The van der Waals surface area contributed by atoms with Crippen molar-refractivity contribution in [2.75, 3.05) is 13.1 Å². The molecule has 2 aliphatic heterocycles. The summed E-state index contributed by atoms with van der Waals surface area (Å²) in [4.78, 5) is 37.0. The summed E-state index contributed by atoms with van der Waals surface area (Å²) in [5, 5.41) is 9.87.